The van der Waals surface area contributed by atoms with Crippen LogP contribution >= 0.6 is 12.2 Å². The summed E-state index contributed by atoms with van der Waals surface area (Å²) in [6.45, 7) is 2.63. The lowest BCUT2D eigenvalue weighted by molar-refractivity contribution is -0.126. The van der Waals surface area contributed by atoms with Crippen LogP contribution in [0.3, 0.4) is 0 Å². The molecule has 7 nitrogen and oxygen atoms in total. The zero-order valence-electron chi connectivity index (χ0n) is 18.6. The summed E-state index contributed by atoms with van der Waals surface area (Å²) < 4.78 is 21.3. The molecule has 0 aliphatic carbocycles. The molecule has 0 atom stereocenters. The molecule has 2 N–H and O–H groups in total. The SMILES string of the molecule is COc1ccc(-c2nc(=S)n(CN3CCC(C(=O)NCCc4ccccc4F)CC3)[nH]2)cc1. The first-order valence-corrected chi connectivity index (χ1v) is 11.5. The number of piperidine rings is 1. The predicted molar refractivity (Wildman–Crippen MR) is 127 cm³/mol. The second kappa shape index (κ2) is 10.7. The highest BCUT2D eigenvalue weighted by atomic mass is 32.1. The van der Waals surface area contributed by atoms with Crippen molar-refractivity contribution in [3.05, 3.63) is 64.7 Å². The van der Waals surface area contributed by atoms with Gasteiger partial charge in [-0.05, 0) is 67.4 Å². The van der Waals surface area contributed by atoms with Gasteiger partial charge in [0.1, 0.15) is 11.6 Å². The van der Waals surface area contributed by atoms with Crippen LogP contribution in [-0.2, 0) is 17.9 Å². The summed E-state index contributed by atoms with van der Waals surface area (Å²) in [5.41, 5.74) is 1.56. The molecule has 0 bridgehead atoms. The van der Waals surface area contributed by atoms with E-state index in [2.05, 4.69) is 20.3 Å². The van der Waals surface area contributed by atoms with E-state index in [-0.39, 0.29) is 17.6 Å². The lowest BCUT2D eigenvalue weighted by atomic mass is 9.96. The van der Waals surface area contributed by atoms with Crippen molar-refractivity contribution in [3.63, 3.8) is 0 Å². The van der Waals surface area contributed by atoms with E-state index in [0.29, 0.717) is 35.8 Å². The standard InChI is InChI=1S/C24H28FN5O2S/c1-32-20-8-6-18(7-9-20)22-27-24(33)30(28-22)16-29-14-11-19(12-15-29)23(31)26-13-10-17-4-2-3-5-21(17)25/h2-9,19H,10-16H2,1H3,(H,26,31)(H,27,28,33). The maximum absolute atomic E-state index is 13.7. The Morgan fingerprint density at radius 1 is 1.21 bits per heavy atom. The summed E-state index contributed by atoms with van der Waals surface area (Å²) in [6, 6.07) is 14.3. The van der Waals surface area contributed by atoms with Crippen molar-refractivity contribution < 1.29 is 13.9 Å². The Morgan fingerprint density at radius 3 is 2.64 bits per heavy atom. The van der Waals surface area contributed by atoms with Gasteiger partial charge in [-0.3, -0.25) is 14.8 Å². The Hall–Kier alpha value is -3.04. The van der Waals surface area contributed by atoms with Gasteiger partial charge in [-0.1, -0.05) is 18.2 Å². The van der Waals surface area contributed by atoms with Gasteiger partial charge in [0.25, 0.3) is 0 Å². The van der Waals surface area contributed by atoms with Crippen LogP contribution in [0.15, 0.2) is 48.5 Å². The first-order chi connectivity index (χ1) is 16.0. The van der Waals surface area contributed by atoms with Crippen molar-refractivity contribution in [2.24, 2.45) is 5.92 Å². The first-order valence-electron chi connectivity index (χ1n) is 11.1. The van der Waals surface area contributed by atoms with Crippen LogP contribution in [-0.4, -0.2) is 52.3 Å². The second-order valence-corrected chi connectivity index (χ2v) is 8.54. The molecule has 1 aliphatic heterocycles. The van der Waals surface area contributed by atoms with Gasteiger partial charge in [0.15, 0.2) is 5.82 Å². The van der Waals surface area contributed by atoms with Gasteiger partial charge in [0, 0.05) is 31.1 Å². The largest absolute Gasteiger partial charge is 0.497 e. The summed E-state index contributed by atoms with van der Waals surface area (Å²) in [4.78, 5) is 19.3. The molecule has 0 saturated carbocycles. The van der Waals surface area contributed by atoms with Gasteiger partial charge >= 0.3 is 0 Å². The summed E-state index contributed by atoms with van der Waals surface area (Å²) in [5, 5.41) is 6.23. The van der Waals surface area contributed by atoms with Crippen molar-refractivity contribution in [1.82, 2.24) is 25.0 Å². The minimum Gasteiger partial charge on any atom is -0.497 e. The molecule has 0 unspecified atom stereocenters. The fraction of sp³-hybridized carbons (Fsp3) is 0.375. The number of rotatable bonds is 8. The van der Waals surface area contributed by atoms with Crippen LogP contribution in [0.25, 0.3) is 11.4 Å². The van der Waals surface area contributed by atoms with Crippen molar-refractivity contribution in [1.29, 1.82) is 0 Å². The molecule has 1 fully saturated rings. The maximum Gasteiger partial charge on any atom is 0.223 e. The number of halogens is 1. The molecule has 0 spiro atoms. The summed E-state index contributed by atoms with van der Waals surface area (Å²) >= 11 is 5.43. The molecular formula is C24H28FN5O2S. The van der Waals surface area contributed by atoms with Crippen molar-refractivity contribution in [3.8, 4) is 17.1 Å². The molecule has 2 aromatic carbocycles. The number of nitrogens with one attached hydrogen (secondary N) is 2. The topological polar surface area (TPSA) is 75.2 Å². The fourth-order valence-corrected chi connectivity index (χ4v) is 4.23. The number of aromatic nitrogens is 3. The second-order valence-electron chi connectivity index (χ2n) is 8.18. The van der Waals surface area contributed by atoms with E-state index in [9.17, 15) is 9.18 Å². The Balaban J connectivity index is 1.25. The molecule has 174 valence electrons. The van der Waals surface area contributed by atoms with Crippen LogP contribution in [0.4, 0.5) is 4.39 Å². The molecule has 2 heterocycles. The number of hydrogen-bond donors (Lipinski definition) is 2. The predicted octanol–water partition coefficient (Wildman–Crippen LogP) is 3.78. The number of methoxy groups -OCH3 is 1. The molecule has 1 aliphatic rings. The van der Waals surface area contributed by atoms with Crippen LogP contribution in [0.2, 0.25) is 0 Å². The van der Waals surface area contributed by atoms with E-state index in [0.717, 1.165) is 37.2 Å². The van der Waals surface area contributed by atoms with E-state index in [1.54, 1.807) is 19.2 Å². The van der Waals surface area contributed by atoms with Gasteiger partial charge in [-0.2, -0.15) is 4.98 Å². The number of benzene rings is 2. The molecule has 1 saturated heterocycles. The van der Waals surface area contributed by atoms with E-state index < -0.39 is 0 Å². The monoisotopic (exact) mass is 469 g/mol. The van der Waals surface area contributed by atoms with E-state index in [1.165, 1.54) is 6.07 Å². The molecule has 33 heavy (non-hydrogen) atoms. The number of ether oxygens (including phenoxy) is 1. The van der Waals surface area contributed by atoms with E-state index in [1.807, 2.05) is 35.0 Å². The first kappa shape index (κ1) is 23.1. The van der Waals surface area contributed by atoms with Gasteiger partial charge in [0.2, 0.25) is 10.7 Å². The fourth-order valence-electron chi connectivity index (χ4n) is 4.03. The molecule has 4 rings (SSSR count). The number of hydrogen-bond acceptors (Lipinski definition) is 5. The number of amides is 1. The third kappa shape index (κ3) is 5.85. The van der Waals surface area contributed by atoms with E-state index >= 15 is 0 Å². The number of carbonyl (C=O) groups excluding carboxylic acids is 1. The molecular weight excluding hydrogens is 441 g/mol. The minimum absolute atomic E-state index is 0.0218. The number of H-pyrrole nitrogens is 1. The van der Waals surface area contributed by atoms with Gasteiger partial charge in [0.05, 0.1) is 13.8 Å². The summed E-state index contributed by atoms with van der Waals surface area (Å²) in [7, 11) is 1.63. The lowest BCUT2D eigenvalue weighted by Crippen LogP contribution is -2.41. The third-order valence-electron chi connectivity index (χ3n) is 5.99. The highest BCUT2D eigenvalue weighted by Crippen LogP contribution is 2.21. The molecule has 1 amide bonds. The third-order valence-corrected chi connectivity index (χ3v) is 6.31. The van der Waals surface area contributed by atoms with E-state index in [4.69, 9.17) is 17.0 Å². The molecule has 9 heteroatoms. The normalized spacial score (nSPS) is 14.8. The van der Waals surface area contributed by atoms with Crippen molar-refractivity contribution >= 4 is 18.1 Å². The average Bonchev–Trinajstić information content (AvgIpc) is 3.20. The highest BCUT2D eigenvalue weighted by molar-refractivity contribution is 7.71. The number of carbonyl (C=O) groups is 1. The zero-order valence-corrected chi connectivity index (χ0v) is 19.4. The minimum atomic E-state index is -0.229. The number of likely N-dealkylation sites (tertiary alicyclic amines) is 1. The van der Waals surface area contributed by atoms with Gasteiger partial charge < -0.3 is 10.1 Å². The zero-order chi connectivity index (χ0) is 23.2. The highest BCUT2D eigenvalue weighted by Gasteiger charge is 2.25. The lowest BCUT2D eigenvalue weighted by Gasteiger charge is -2.31. The Morgan fingerprint density at radius 2 is 1.94 bits per heavy atom. The van der Waals surface area contributed by atoms with Crippen molar-refractivity contribution in [2.45, 2.75) is 25.9 Å². The number of nitrogens with zero attached hydrogens (tertiary/aromatic N) is 3. The summed E-state index contributed by atoms with van der Waals surface area (Å²) in [6.07, 6.45) is 2.04. The summed E-state index contributed by atoms with van der Waals surface area (Å²) in [5.74, 6) is 1.30. The Labute approximate surface area is 197 Å². The molecule has 0 radical (unpaired) electrons. The number of aromatic amines is 1. The van der Waals surface area contributed by atoms with Crippen molar-refractivity contribution in [2.75, 3.05) is 26.7 Å². The smallest absolute Gasteiger partial charge is 0.223 e. The van der Waals surface area contributed by atoms with Crippen LogP contribution < -0.4 is 10.1 Å². The average molecular weight is 470 g/mol. The van der Waals surface area contributed by atoms with Gasteiger partial charge in [-0.25, -0.2) is 9.07 Å². The van der Waals surface area contributed by atoms with Crippen LogP contribution in [0.1, 0.15) is 18.4 Å². The molecule has 1 aromatic heterocycles. The van der Waals surface area contributed by atoms with Gasteiger partial charge in [-0.15, -0.1) is 0 Å². The maximum atomic E-state index is 13.7. The Bertz CT molecular complexity index is 1140. The van der Waals surface area contributed by atoms with Crippen LogP contribution in [0.5, 0.6) is 5.75 Å². The van der Waals surface area contributed by atoms with Crippen LogP contribution in [0, 0.1) is 16.5 Å². The Kier molecular flexibility index (Phi) is 7.51. The molecule has 3 aromatic rings. The quantitative estimate of drug-likeness (QED) is 0.491.